The van der Waals surface area contributed by atoms with Gasteiger partial charge in [-0.15, -0.1) is 5.10 Å². The first kappa shape index (κ1) is 16.8. The van der Waals surface area contributed by atoms with Gasteiger partial charge in [-0.05, 0) is 31.9 Å². The van der Waals surface area contributed by atoms with Crippen molar-refractivity contribution in [3.8, 4) is 22.5 Å². The van der Waals surface area contributed by atoms with Gasteiger partial charge in [-0.1, -0.05) is 61.0 Å². The van der Waals surface area contributed by atoms with Gasteiger partial charge in [0.25, 0.3) is 0 Å². The maximum Gasteiger partial charge on any atom is 0.121 e. The van der Waals surface area contributed by atoms with Gasteiger partial charge in [0.05, 0.1) is 5.69 Å². The number of benzene rings is 2. The second kappa shape index (κ2) is 6.94. The van der Waals surface area contributed by atoms with Crippen molar-refractivity contribution in [1.82, 2.24) is 15.0 Å². The molecule has 2 aromatic carbocycles. The van der Waals surface area contributed by atoms with Crippen LogP contribution in [0.4, 0.5) is 5.69 Å². The third-order valence-corrected chi connectivity index (χ3v) is 5.35. The molecule has 0 amide bonds. The molecule has 2 heterocycles. The molecule has 0 saturated carbocycles. The molecular weight excluding hydrogens is 320 g/mol. The van der Waals surface area contributed by atoms with Gasteiger partial charge in [-0.3, -0.25) is 0 Å². The summed E-state index contributed by atoms with van der Waals surface area (Å²) in [4.78, 5) is 2.55. The second-order valence-electron chi connectivity index (χ2n) is 7.04. The van der Waals surface area contributed by atoms with E-state index in [1.54, 1.807) is 0 Å². The molecule has 0 radical (unpaired) electrons. The molecule has 134 valence electrons. The summed E-state index contributed by atoms with van der Waals surface area (Å²) in [5, 5.41) is 9.02. The lowest BCUT2D eigenvalue weighted by Crippen LogP contribution is -2.33. The molecular formula is C22H26N4. The molecule has 4 nitrogen and oxygen atoms in total. The fraction of sp³-hybridized carbons (Fsp3) is 0.364. The average molecular weight is 346 g/mol. The fourth-order valence-corrected chi connectivity index (χ4v) is 4.03. The van der Waals surface area contributed by atoms with Crippen LogP contribution in [0, 0.1) is 0 Å². The predicted molar refractivity (Wildman–Crippen MR) is 107 cm³/mol. The van der Waals surface area contributed by atoms with Crippen LogP contribution >= 0.6 is 0 Å². The van der Waals surface area contributed by atoms with Gasteiger partial charge in [0.1, 0.15) is 5.69 Å². The molecule has 26 heavy (non-hydrogen) atoms. The number of anilines is 1. The summed E-state index contributed by atoms with van der Waals surface area (Å²) in [5.41, 5.74) is 7.15. The molecule has 1 unspecified atom stereocenters. The van der Waals surface area contributed by atoms with E-state index in [0.717, 1.165) is 24.5 Å². The Balaban J connectivity index is 2.01. The minimum Gasteiger partial charge on any atom is -0.364 e. The Morgan fingerprint density at radius 2 is 1.73 bits per heavy atom. The minimum atomic E-state index is 0.474. The highest BCUT2D eigenvalue weighted by Gasteiger charge is 2.27. The van der Waals surface area contributed by atoms with E-state index in [1.165, 1.54) is 35.2 Å². The molecule has 0 fully saturated rings. The molecule has 0 saturated heterocycles. The molecule has 0 N–H and O–H groups in total. The van der Waals surface area contributed by atoms with Crippen LogP contribution in [-0.2, 0) is 13.1 Å². The van der Waals surface area contributed by atoms with Crippen LogP contribution in [0.5, 0.6) is 0 Å². The molecule has 4 heteroatoms. The van der Waals surface area contributed by atoms with Gasteiger partial charge in [-0.2, -0.15) is 0 Å². The lowest BCUT2D eigenvalue weighted by atomic mass is 9.94. The zero-order chi connectivity index (χ0) is 18.1. The minimum absolute atomic E-state index is 0.474. The molecule has 0 bridgehead atoms. The quantitative estimate of drug-likeness (QED) is 0.656. The number of nitrogens with zero attached hydrogens (tertiary/aromatic N) is 4. The van der Waals surface area contributed by atoms with Crippen molar-refractivity contribution < 1.29 is 0 Å². The summed E-state index contributed by atoms with van der Waals surface area (Å²) < 4.78 is 2.03. The molecule has 1 atom stereocenters. The van der Waals surface area contributed by atoms with Crippen LogP contribution in [0.1, 0.15) is 39.2 Å². The van der Waals surface area contributed by atoms with Crippen molar-refractivity contribution in [2.45, 2.75) is 52.7 Å². The van der Waals surface area contributed by atoms with Crippen LogP contribution in [0.3, 0.4) is 0 Å². The standard InChI is InChI=1S/C22H26N4/c1-4-10-16(3)25-15-17-11-6-7-12-18(17)21-22(26(5-2)24-23-21)19-13-8-9-14-20(19)25/h6-9,11-14,16H,4-5,10,15H2,1-3H3. The first-order valence-electron chi connectivity index (χ1n) is 9.62. The summed E-state index contributed by atoms with van der Waals surface area (Å²) in [5.74, 6) is 0. The Morgan fingerprint density at radius 1 is 1.00 bits per heavy atom. The van der Waals surface area contributed by atoms with E-state index < -0.39 is 0 Å². The van der Waals surface area contributed by atoms with Crippen molar-refractivity contribution >= 4 is 5.69 Å². The number of aromatic nitrogens is 3. The van der Waals surface area contributed by atoms with E-state index in [9.17, 15) is 0 Å². The Labute approximate surface area is 155 Å². The number of aryl methyl sites for hydroxylation is 1. The van der Waals surface area contributed by atoms with Crippen molar-refractivity contribution in [2.75, 3.05) is 4.90 Å². The van der Waals surface area contributed by atoms with Crippen molar-refractivity contribution in [1.29, 1.82) is 0 Å². The third-order valence-electron chi connectivity index (χ3n) is 5.35. The molecule has 1 aromatic heterocycles. The monoisotopic (exact) mass is 346 g/mol. The predicted octanol–water partition coefficient (Wildman–Crippen LogP) is 5.14. The zero-order valence-corrected chi connectivity index (χ0v) is 15.8. The summed E-state index contributed by atoms with van der Waals surface area (Å²) in [7, 11) is 0. The van der Waals surface area contributed by atoms with Crippen LogP contribution in [0.25, 0.3) is 22.5 Å². The van der Waals surface area contributed by atoms with E-state index in [0.29, 0.717) is 6.04 Å². The van der Waals surface area contributed by atoms with Crippen LogP contribution in [0.2, 0.25) is 0 Å². The first-order valence-corrected chi connectivity index (χ1v) is 9.62. The number of fused-ring (bicyclic) bond motifs is 5. The highest BCUT2D eigenvalue weighted by atomic mass is 15.4. The summed E-state index contributed by atoms with van der Waals surface area (Å²) in [6, 6.07) is 17.8. The number of rotatable bonds is 4. The third kappa shape index (κ3) is 2.70. The smallest absolute Gasteiger partial charge is 0.121 e. The Hall–Kier alpha value is -2.62. The second-order valence-corrected chi connectivity index (χ2v) is 7.04. The van der Waals surface area contributed by atoms with Gasteiger partial charge < -0.3 is 4.90 Å². The largest absolute Gasteiger partial charge is 0.364 e. The van der Waals surface area contributed by atoms with Gasteiger partial charge in [0, 0.05) is 35.9 Å². The highest BCUT2D eigenvalue weighted by molar-refractivity contribution is 5.88. The van der Waals surface area contributed by atoms with Crippen molar-refractivity contribution in [3.05, 3.63) is 54.1 Å². The van der Waals surface area contributed by atoms with E-state index in [4.69, 9.17) is 0 Å². The molecule has 0 spiro atoms. The maximum atomic E-state index is 4.57. The van der Waals surface area contributed by atoms with Crippen LogP contribution in [0.15, 0.2) is 48.5 Å². The van der Waals surface area contributed by atoms with Gasteiger partial charge in [0.2, 0.25) is 0 Å². The molecule has 1 aliphatic heterocycles. The van der Waals surface area contributed by atoms with Crippen LogP contribution in [-0.4, -0.2) is 21.0 Å². The Kier molecular flexibility index (Phi) is 4.49. The molecule has 3 aromatic rings. The average Bonchev–Trinajstić information content (AvgIpc) is 3.08. The number of hydrogen-bond acceptors (Lipinski definition) is 3. The Bertz CT molecular complexity index is 912. The Morgan fingerprint density at radius 3 is 2.50 bits per heavy atom. The fourth-order valence-electron chi connectivity index (χ4n) is 4.03. The molecule has 4 rings (SSSR count). The van der Waals surface area contributed by atoms with Crippen LogP contribution < -0.4 is 4.90 Å². The lowest BCUT2D eigenvalue weighted by molar-refractivity contribution is 0.578. The lowest BCUT2D eigenvalue weighted by Gasteiger charge is -2.35. The maximum absolute atomic E-state index is 4.57. The number of para-hydroxylation sites is 1. The SMILES string of the molecule is CCCC(C)N1Cc2ccccc2-c2nnn(CC)c2-c2ccccc21. The van der Waals surface area contributed by atoms with E-state index in [-0.39, 0.29) is 0 Å². The van der Waals surface area contributed by atoms with Gasteiger partial charge in [-0.25, -0.2) is 4.68 Å². The zero-order valence-electron chi connectivity index (χ0n) is 15.8. The summed E-state index contributed by atoms with van der Waals surface area (Å²) in [6.07, 6.45) is 2.36. The first-order chi connectivity index (χ1) is 12.7. The van der Waals surface area contributed by atoms with E-state index in [2.05, 4.69) is 84.5 Å². The number of hydrogen-bond donors (Lipinski definition) is 0. The van der Waals surface area contributed by atoms with Gasteiger partial charge in [0.15, 0.2) is 0 Å². The molecule has 1 aliphatic rings. The van der Waals surface area contributed by atoms with Gasteiger partial charge >= 0.3 is 0 Å². The van der Waals surface area contributed by atoms with E-state index in [1.807, 2.05) is 4.68 Å². The highest BCUT2D eigenvalue weighted by Crippen LogP contribution is 2.41. The van der Waals surface area contributed by atoms with Crippen molar-refractivity contribution in [2.24, 2.45) is 0 Å². The summed E-state index contributed by atoms with van der Waals surface area (Å²) in [6.45, 7) is 8.42. The molecule has 0 aliphatic carbocycles. The topological polar surface area (TPSA) is 34.0 Å². The van der Waals surface area contributed by atoms with E-state index >= 15 is 0 Å². The van der Waals surface area contributed by atoms with Crippen molar-refractivity contribution in [3.63, 3.8) is 0 Å². The summed E-state index contributed by atoms with van der Waals surface area (Å²) >= 11 is 0. The normalized spacial score (nSPS) is 14.0.